The van der Waals surface area contributed by atoms with Crippen LogP contribution in [0.4, 0.5) is 16.2 Å². The smallest absolute Gasteiger partial charge is 0.224 e. The Morgan fingerprint density at radius 1 is 1.39 bits per heavy atom. The molecule has 18 heavy (non-hydrogen) atoms. The van der Waals surface area contributed by atoms with E-state index in [9.17, 15) is 4.39 Å². The first-order valence-electron chi connectivity index (χ1n) is 5.37. The van der Waals surface area contributed by atoms with Crippen LogP contribution in [0.2, 0.25) is 5.02 Å². The largest absolute Gasteiger partial charge is 0.365 e. The zero-order valence-electron chi connectivity index (χ0n) is 9.74. The fourth-order valence-corrected chi connectivity index (χ4v) is 1.60. The van der Waals surface area contributed by atoms with E-state index in [1.165, 1.54) is 18.3 Å². The number of halogens is 2. The van der Waals surface area contributed by atoms with Gasteiger partial charge in [-0.3, -0.25) is 0 Å². The maximum absolute atomic E-state index is 13.0. The van der Waals surface area contributed by atoms with Crippen molar-refractivity contribution in [3.63, 3.8) is 0 Å². The average Bonchev–Trinajstić information content (AvgIpc) is 2.38. The van der Waals surface area contributed by atoms with Crippen molar-refractivity contribution in [1.29, 1.82) is 0 Å². The Balaban J connectivity index is 2.10. The summed E-state index contributed by atoms with van der Waals surface area (Å²) in [5.41, 5.74) is 0.815. The predicted octanol–water partition coefficient (Wildman–Crippen LogP) is 2.92. The summed E-state index contributed by atoms with van der Waals surface area (Å²) < 4.78 is 13.0. The Hall–Kier alpha value is -1.88. The van der Waals surface area contributed by atoms with Gasteiger partial charge in [0.1, 0.15) is 10.8 Å². The summed E-state index contributed by atoms with van der Waals surface area (Å²) >= 11 is 5.96. The van der Waals surface area contributed by atoms with Gasteiger partial charge in [0.25, 0.3) is 0 Å². The molecule has 1 aromatic carbocycles. The molecule has 0 aliphatic heterocycles. The molecule has 94 valence electrons. The number of hydrogen-bond acceptors (Lipinski definition) is 4. The van der Waals surface area contributed by atoms with E-state index in [-0.39, 0.29) is 5.82 Å². The van der Waals surface area contributed by atoms with Crippen LogP contribution >= 0.6 is 11.6 Å². The van der Waals surface area contributed by atoms with Gasteiger partial charge in [-0.15, -0.1) is 0 Å². The first-order valence-corrected chi connectivity index (χ1v) is 5.75. The minimum atomic E-state index is -0.265. The molecule has 2 rings (SSSR count). The summed E-state index contributed by atoms with van der Waals surface area (Å²) in [5, 5.41) is 6.28. The minimum absolute atomic E-state index is 0.265. The highest BCUT2D eigenvalue weighted by atomic mass is 35.5. The molecule has 0 bridgehead atoms. The summed E-state index contributed by atoms with van der Waals surface area (Å²) in [6, 6.07) is 6.35. The lowest BCUT2D eigenvalue weighted by atomic mass is 10.2. The third-order valence-corrected chi connectivity index (χ3v) is 2.59. The van der Waals surface area contributed by atoms with E-state index in [1.54, 1.807) is 13.1 Å². The third kappa shape index (κ3) is 3.07. The van der Waals surface area contributed by atoms with Crippen molar-refractivity contribution in [3.8, 4) is 0 Å². The highest BCUT2D eigenvalue weighted by Gasteiger charge is 2.04. The standard InChI is InChI=1S/C12H12ClFN4/c1-15-12-17-7-10(13)11(18-12)16-6-8-3-2-4-9(14)5-8/h2-5,7H,6H2,1H3,(H2,15,16,17,18). The van der Waals surface area contributed by atoms with Crippen LogP contribution in [0.15, 0.2) is 30.5 Å². The molecular weight excluding hydrogens is 255 g/mol. The van der Waals surface area contributed by atoms with Crippen LogP contribution in [0, 0.1) is 5.82 Å². The van der Waals surface area contributed by atoms with Gasteiger partial charge in [-0.05, 0) is 17.7 Å². The number of nitrogens with zero attached hydrogens (tertiary/aromatic N) is 2. The van der Waals surface area contributed by atoms with Crippen molar-refractivity contribution < 1.29 is 4.39 Å². The molecule has 2 N–H and O–H groups in total. The van der Waals surface area contributed by atoms with E-state index in [0.29, 0.717) is 23.3 Å². The van der Waals surface area contributed by atoms with Crippen LogP contribution in [0.3, 0.4) is 0 Å². The first kappa shape index (κ1) is 12.6. The van der Waals surface area contributed by atoms with Crippen LogP contribution in [0.25, 0.3) is 0 Å². The van der Waals surface area contributed by atoms with Gasteiger partial charge < -0.3 is 10.6 Å². The molecule has 2 aromatic rings. The van der Waals surface area contributed by atoms with Gasteiger partial charge >= 0.3 is 0 Å². The molecule has 0 spiro atoms. The van der Waals surface area contributed by atoms with Crippen LogP contribution in [0.1, 0.15) is 5.56 Å². The lowest BCUT2D eigenvalue weighted by Crippen LogP contribution is -2.05. The van der Waals surface area contributed by atoms with E-state index in [1.807, 2.05) is 6.07 Å². The van der Waals surface area contributed by atoms with E-state index < -0.39 is 0 Å². The lowest BCUT2D eigenvalue weighted by Gasteiger charge is -2.08. The Morgan fingerprint density at radius 3 is 2.94 bits per heavy atom. The molecule has 1 heterocycles. The molecule has 6 heteroatoms. The average molecular weight is 267 g/mol. The van der Waals surface area contributed by atoms with Crippen LogP contribution in [-0.2, 0) is 6.54 Å². The molecule has 0 amide bonds. The lowest BCUT2D eigenvalue weighted by molar-refractivity contribution is 0.626. The second-order valence-corrected chi connectivity index (χ2v) is 4.03. The second kappa shape index (κ2) is 5.64. The maximum atomic E-state index is 13.0. The zero-order chi connectivity index (χ0) is 13.0. The second-order valence-electron chi connectivity index (χ2n) is 3.62. The Bertz CT molecular complexity index is 547. The molecule has 0 saturated carbocycles. The van der Waals surface area contributed by atoms with Crippen LogP contribution in [0.5, 0.6) is 0 Å². The summed E-state index contributed by atoms with van der Waals surface area (Å²) in [6.07, 6.45) is 1.51. The molecule has 0 aliphatic carbocycles. The predicted molar refractivity (Wildman–Crippen MR) is 70.3 cm³/mol. The number of nitrogens with one attached hydrogen (secondary N) is 2. The molecule has 0 unspecified atom stereocenters. The fourth-order valence-electron chi connectivity index (χ4n) is 1.44. The van der Waals surface area contributed by atoms with Crippen molar-refractivity contribution in [2.75, 3.05) is 17.7 Å². The fraction of sp³-hybridized carbons (Fsp3) is 0.167. The minimum Gasteiger partial charge on any atom is -0.365 e. The van der Waals surface area contributed by atoms with Gasteiger partial charge in [0.05, 0.1) is 6.20 Å². The summed E-state index contributed by atoms with van der Waals surface area (Å²) in [5.74, 6) is 0.723. The quantitative estimate of drug-likeness (QED) is 0.893. The Labute approximate surface area is 109 Å². The molecule has 0 fully saturated rings. The molecule has 0 saturated heterocycles. The van der Waals surface area contributed by atoms with Gasteiger partial charge in [0.2, 0.25) is 5.95 Å². The van der Waals surface area contributed by atoms with Gasteiger partial charge in [-0.25, -0.2) is 9.37 Å². The van der Waals surface area contributed by atoms with Crippen molar-refractivity contribution in [1.82, 2.24) is 9.97 Å². The van der Waals surface area contributed by atoms with Crippen molar-refractivity contribution in [3.05, 3.63) is 46.9 Å². The number of aromatic nitrogens is 2. The molecule has 0 radical (unpaired) electrons. The molecule has 0 atom stereocenters. The molecule has 0 aliphatic rings. The number of anilines is 2. The highest BCUT2D eigenvalue weighted by Crippen LogP contribution is 2.20. The molecule has 4 nitrogen and oxygen atoms in total. The molecular formula is C12H12ClFN4. The topological polar surface area (TPSA) is 49.8 Å². The van der Waals surface area contributed by atoms with Gasteiger partial charge in [-0.2, -0.15) is 4.98 Å². The van der Waals surface area contributed by atoms with E-state index in [0.717, 1.165) is 5.56 Å². The number of hydrogen-bond donors (Lipinski definition) is 2. The van der Waals surface area contributed by atoms with Gasteiger partial charge in [-0.1, -0.05) is 23.7 Å². The van der Waals surface area contributed by atoms with Crippen molar-refractivity contribution in [2.24, 2.45) is 0 Å². The van der Waals surface area contributed by atoms with E-state index in [2.05, 4.69) is 20.6 Å². The Morgan fingerprint density at radius 2 is 2.22 bits per heavy atom. The van der Waals surface area contributed by atoms with Crippen LogP contribution in [-0.4, -0.2) is 17.0 Å². The first-order chi connectivity index (χ1) is 8.69. The zero-order valence-corrected chi connectivity index (χ0v) is 10.5. The SMILES string of the molecule is CNc1ncc(Cl)c(NCc2cccc(F)c2)n1. The summed E-state index contributed by atoms with van der Waals surface area (Å²) in [6.45, 7) is 0.442. The van der Waals surface area contributed by atoms with Gasteiger partial charge in [0, 0.05) is 13.6 Å². The summed E-state index contributed by atoms with van der Waals surface area (Å²) in [4.78, 5) is 8.14. The van der Waals surface area contributed by atoms with Crippen molar-refractivity contribution >= 4 is 23.4 Å². The maximum Gasteiger partial charge on any atom is 0.224 e. The molecule has 1 aromatic heterocycles. The highest BCUT2D eigenvalue weighted by molar-refractivity contribution is 6.32. The van der Waals surface area contributed by atoms with E-state index in [4.69, 9.17) is 11.6 Å². The van der Waals surface area contributed by atoms with E-state index >= 15 is 0 Å². The third-order valence-electron chi connectivity index (χ3n) is 2.32. The monoisotopic (exact) mass is 266 g/mol. The normalized spacial score (nSPS) is 10.2. The van der Waals surface area contributed by atoms with Crippen LogP contribution < -0.4 is 10.6 Å². The number of rotatable bonds is 4. The van der Waals surface area contributed by atoms with Gasteiger partial charge in [0.15, 0.2) is 5.82 Å². The number of benzene rings is 1. The Kier molecular flexibility index (Phi) is 3.94. The summed E-state index contributed by atoms with van der Waals surface area (Å²) in [7, 11) is 1.72. The van der Waals surface area contributed by atoms with Crippen molar-refractivity contribution in [2.45, 2.75) is 6.54 Å².